The smallest absolute Gasteiger partial charge is 0.229 e. The molecule has 0 aliphatic carbocycles. The molecule has 1 heterocycles. The fourth-order valence-corrected chi connectivity index (χ4v) is 2.90. The molecule has 29 heavy (non-hydrogen) atoms. The lowest BCUT2D eigenvalue weighted by Crippen LogP contribution is -2.60. The van der Waals surface area contributed by atoms with E-state index in [9.17, 15) is 30.3 Å². The van der Waals surface area contributed by atoms with E-state index < -0.39 is 37.3 Å². The van der Waals surface area contributed by atoms with Crippen molar-refractivity contribution < 1.29 is 39.8 Å². The van der Waals surface area contributed by atoms with Gasteiger partial charge in [0.2, 0.25) is 6.29 Å². The summed E-state index contributed by atoms with van der Waals surface area (Å²) in [5.41, 5.74) is 0.890. The van der Waals surface area contributed by atoms with Crippen LogP contribution in [0.4, 0.5) is 0 Å². The highest BCUT2D eigenvalue weighted by Gasteiger charge is 2.44. The van der Waals surface area contributed by atoms with Gasteiger partial charge in [0.1, 0.15) is 35.9 Å². The largest absolute Gasteiger partial charge is 0.507 e. The molecule has 2 aromatic rings. The first-order chi connectivity index (χ1) is 13.9. The van der Waals surface area contributed by atoms with Crippen molar-refractivity contribution in [1.82, 2.24) is 0 Å². The van der Waals surface area contributed by atoms with Gasteiger partial charge in [-0.25, -0.2) is 0 Å². The van der Waals surface area contributed by atoms with Crippen molar-refractivity contribution in [2.24, 2.45) is 0 Å². The van der Waals surface area contributed by atoms with E-state index >= 15 is 0 Å². The van der Waals surface area contributed by atoms with Crippen LogP contribution in [0.1, 0.15) is 15.9 Å². The van der Waals surface area contributed by atoms with Gasteiger partial charge in [-0.15, -0.1) is 0 Å². The monoisotopic (exact) mass is 402 g/mol. The Morgan fingerprint density at radius 2 is 1.69 bits per heavy atom. The second-order valence-corrected chi connectivity index (χ2v) is 6.60. The summed E-state index contributed by atoms with van der Waals surface area (Å²) in [4.78, 5) is 12.1. The number of benzene rings is 2. The molecule has 0 aromatic heterocycles. The van der Waals surface area contributed by atoms with E-state index in [1.807, 2.05) is 0 Å². The van der Waals surface area contributed by atoms with Crippen molar-refractivity contribution in [2.75, 3.05) is 6.61 Å². The van der Waals surface area contributed by atoms with Crippen LogP contribution in [0.2, 0.25) is 0 Å². The fourth-order valence-electron chi connectivity index (χ4n) is 2.90. The van der Waals surface area contributed by atoms with Crippen LogP contribution in [-0.2, 0) is 4.74 Å². The van der Waals surface area contributed by atoms with Crippen molar-refractivity contribution in [3.8, 4) is 11.5 Å². The molecule has 5 N–H and O–H groups in total. The first-order valence-corrected chi connectivity index (χ1v) is 8.98. The molecular weight excluding hydrogens is 380 g/mol. The molecule has 5 atom stereocenters. The van der Waals surface area contributed by atoms with Crippen LogP contribution in [0.25, 0.3) is 6.08 Å². The summed E-state index contributed by atoms with van der Waals surface area (Å²) < 4.78 is 10.8. The lowest BCUT2D eigenvalue weighted by molar-refractivity contribution is -0.277. The van der Waals surface area contributed by atoms with Gasteiger partial charge >= 0.3 is 0 Å². The first kappa shape index (κ1) is 21.0. The SMILES string of the molecule is O=C(C=Cc1ccc(O[C@@H]2O[C@H](CO)[C@@H](O)[C@H](O)[C@H]2O)cc1)c1ccccc1O. The number of hydrogen-bond acceptors (Lipinski definition) is 8. The third-order valence-corrected chi connectivity index (χ3v) is 4.58. The zero-order valence-corrected chi connectivity index (χ0v) is 15.3. The van der Waals surface area contributed by atoms with E-state index in [0.717, 1.165) is 0 Å². The highest BCUT2D eigenvalue weighted by molar-refractivity contribution is 6.08. The number of allylic oxidation sites excluding steroid dienone is 1. The zero-order chi connectivity index (χ0) is 21.0. The highest BCUT2D eigenvalue weighted by atomic mass is 16.7. The van der Waals surface area contributed by atoms with E-state index in [2.05, 4.69) is 0 Å². The maximum Gasteiger partial charge on any atom is 0.229 e. The molecule has 8 heteroatoms. The molecule has 0 saturated carbocycles. The molecule has 8 nitrogen and oxygen atoms in total. The van der Waals surface area contributed by atoms with E-state index in [1.165, 1.54) is 18.2 Å². The van der Waals surface area contributed by atoms with Gasteiger partial charge in [0.25, 0.3) is 0 Å². The van der Waals surface area contributed by atoms with Gasteiger partial charge in [-0.1, -0.05) is 30.3 Å². The highest BCUT2D eigenvalue weighted by Crippen LogP contribution is 2.25. The van der Waals surface area contributed by atoms with Gasteiger partial charge in [0.05, 0.1) is 12.2 Å². The minimum atomic E-state index is -1.52. The van der Waals surface area contributed by atoms with Gasteiger partial charge in [0.15, 0.2) is 5.78 Å². The van der Waals surface area contributed by atoms with Crippen molar-refractivity contribution in [3.63, 3.8) is 0 Å². The molecule has 3 rings (SSSR count). The average Bonchev–Trinajstić information content (AvgIpc) is 2.73. The standard InChI is InChI=1S/C21H22O8/c22-11-17-18(25)19(26)20(27)21(29-17)28-13-8-5-12(6-9-13)7-10-16(24)14-3-1-2-4-15(14)23/h1-10,17-23,25-27H,11H2/t17-,18-,19+,20-,21-/m1/s1. The Kier molecular flexibility index (Phi) is 6.63. The van der Waals surface area contributed by atoms with E-state index in [4.69, 9.17) is 9.47 Å². The van der Waals surface area contributed by atoms with Gasteiger partial charge in [0, 0.05) is 0 Å². The lowest BCUT2D eigenvalue weighted by Gasteiger charge is -2.39. The predicted octanol–water partition coefficient (Wildman–Crippen LogP) is 0.467. The molecule has 2 aromatic carbocycles. The number of carbonyl (C=O) groups is 1. The van der Waals surface area contributed by atoms with Crippen LogP contribution in [0.3, 0.4) is 0 Å². The fraction of sp³-hybridized carbons (Fsp3) is 0.286. The third kappa shape index (κ3) is 4.81. The quantitative estimate of drug-likeness (QED) is 0.347. The molecular formula is C21H22O8. The minimum absolute atomic E-state index is 0.0922. The van der Waals surface area contributed by atoms with E-state index in [0.29, 0.717) is 11.3 Å². The molecule has 0 spiro atoms. The number of hydrogen-bond donors (Lipinski definition) is 5. The van der Waals surface area contributed by atoms with Gasteiger partial charge in [-0.3, -0.25) is 4.79 Å². The molecule has 1 fully saturated rings. The number of phenolic OH excluding ortho intramolecular Hbond substituents is 1. The van der Waals surface area contributed by atoms with E-state index in [-0.39, 0.29) is 17.1 Å². The van der Waals surface area contributed by atoms with Crippen molar-refractivity contribution in [3.05, 3.63) is 65.7 Å². The summed E-state index contributed by atoms with van der Waals surface area (Å²) in [5.74, 6) is -0.117. The summed E-state index contributed by atoms with van der Waals surface area (Å²) in [6, 6.07) is 12.7. The predicted molar refractivity (Wildman–Crippen MR) is 102 cm³/mol. The van der Waals surface area contributed by atoms with Crippen molar-refractivity contribution >= 4 is 11.9 Å². The lowest BCUT2D eigenvalue weighted by atomic mass is 9.99. The Morgan fingerprint density at radius 1 is 1.00 bits per heavy atom. The first-order valence-electron chi connectivity index (χ1n) is 8.98. The van der Waals surface area contributed by atoms with Crippen LogP contribution in [0.5, 0.6) is 11.5 Å². The molecule has 154 valence electrons. The Bertz CT molecular complexity index is 861. The number of ketones is 1. The number of phenols is 1. The van der Waals surface area contributed by atoms with Crippen molar-refractivity contribution in [2.45, 2.75) is 30.7 Å². The van der Waals surface area contributed by atoms with Crippen LogP contribution < -0.4 is 4.74 Å². The number of carbonyl (C=O) groups excluding carboxylic acids is 1. The third-order valence-electron chi connectivity index (χ3n) is 4.58. The molecule has 0 unspecified atom stereocenters. The minimum Gasteiger partial charge on any atom is -0.507 e. The van der Waals surface area contributed by atoms with Gasteiger partial charge in [-0.2, -0.15) is 0 Å². The molecule has 1 aliphatic rings. The Hall–Kier alpha value is -2.75. The zero-order valence-electron chi connectivity index (χ0n) is 15.3. The van der Waals surface area contributed by atoms with Gasteiger partial charge < -0.3 is 35.0 Å². The Balaban J connectivity index is 1.64. The molecule has 1 saturated heterocycles. The number of aromatic hydroxyl groups is 1. The van der Waals surface area contributed by atoms with Crippen LogP contribution >= 0.6 is 0 Å². The summed E-state index contributed by atoms with van der Waals surface area (Å²) in [6.45, 7) is -0.542. The van der Waals surface area contributed by atoms with E-state index in [1.54, 1.807) is 42.5 Å². The number of ether oxygens (including phenoxy) is 2. The maximum atomic E-state index is 12.1. The number of aliphatic hydroxyl groups excluding tert-OH is 4. The summed E-state index contributed by atoms with van der Waals surface area (Å²) >= 11 is 0. The molecule has 0 bridgehead atoms. The molecule has 1 aliphatic heterocycles. The number of para-hydroxylation sites is 1. The van der Waals surface area contributed by atoms with Crippen LogP contribution in [0.15, 0.2) is 54.6 Å². The molecule has 0 radical (unpaired) electrons. The average molecular weight is 402 g/mol. The second kappa shape index (κ2) is 9.17. The summed E-state index contributed by atoms with van der Waals surface area (Å²) in [5, 5.41) is 48.5. The van der Waals surface area contributed by atoms with Crippen LogP contribution in [0, 0.1) is 0 Å². The topological polar surface area (TPSA) is 137 Å². The summed E-state index contributed by atoms with van der Waals surface area (Å²) in [6.07, 6.45) is -3.88. The Labute approximate surface area is 166 Å². The molecule has 0 amide bonds. The second-order valence-electron chi connectivity index (χ2n) is 6.60. The number of rotatable bonds is 6. The Morgan fingerprint density at radius 3 is 2.34 bits per heavy atom. The van der Waals surface area contributed by atoms with Gasteiger partial charge in [-0.05, 0) is 35.9 Å². The number of aliphatic hydroxyl groups is 4. The van der Waals surface area contributed by atoms with Crippen LogP contribution in [-0.4, -0.2) is 68.6 Å². The maximum absolute atomic E-state index is 12.1. The normalized spacial score (nSPS) is 27.1. The summed E-state index contributed by atoms with van der Waals surface area (Å²) in [7, 11) is 0. The van der Waals surface area contributed by atoms with Crippen molar-refractivity contribution in [1.29, 1.82) is 0 Å².